The molecule has 0 saturated heterocycles. The van der Waals surface area contributed by atoms with Gasteiger partial charge in [-0.15, -0.1) is 11.8 Å². The monoisotopic (exact) mass is 204 g/mol. The SMILES string of the molecule is CSc1ccc(F)c(C=O)c1Cl. The lowest BCUT2D eigenvalue weighted by molar-refractivity contribution is 0.112. The molecule has 0 fully saturated rings. The molecule has 0 bridgehead atoms. The summed E-state index contributed by atoms with van der Waals surface area (Å²) in [6.07, 6.45) is 2.24. The van der Waals surface area contributed by atoms with Crippen molar-refractivity contribution in [3.63, 3.8) is 0 Å². The third kappa shape index (κ3) is 1.62. The number of rotatable bonds is 2. The molecule has 1 aromatic rings. The van der Waals surface area contributed by atoms with E-state index in [-0.39, 0.29) is 10.6 Å². The first kappa shape index (κ1) is 9.55. The maximum atomic E-state index is 12.8. The minimum absolute atomic E-state index is 0.0662. The van der Waals surface area contributed by atoms with Crippen LogP contribution in [0.15, 0.2) is 17.0 Å². The highest BCUT2D eigenvalue weighted by Gasteiger charge is 2.09. The fourth-order valence-corrected chi connectivity index (χ4v) is 1.74. The second kappa shape index (κ2) is 3.92. The lowest BCUT2D eigenvalue weighted by Gasteiger charge is -2.02. The zero-order valence-corrected chi connectivity index (χ0v) is 7.88. The molecule has 1 nitrogen and oxygen atoms in total. The minimum atomic E-state index is -0.576. The summed E-state index contributed by atoms with van der Waals surface area (Å²) >= 11 is 7.10. The van der Waals surface area contributed by atoms with Crippen molar-refractivity contribution in [3.05, 3.63) is 28.5 Å². The fraction of sp³-hybridized carbons (Fsp3) is 0.125. The molecule has 0 aliphatic rings. The number of carbonyl (C=O) groups excluding carboxylic acids is 1. The van der Waals surface area contributed by atoms with E-state index in [1.165, 1.54) is 17.8 Å². The van der Waals surface area contributed by atoms with Crippen LogP contribution in [0.5, 0.6) is 0 Å². The van der Waals surface area contributed by atoms with Crippen molar-refractivity contribution in [2.45, 2.75) is 4.90 Å². The van der Waals surface area contributed by atoms with Crippen molar-refractivity contribution < 1.29 is 9.18 Å². The van der Waals surface area contributed by atoms with Gasteiger partial charge in [0.05, 0.1) is 10.6 Å². The highest BCUT2D eigenvalue weighted by atomic mass is 35.5. The molecule has 1 rings (SSSR count). The Hall–Kier alpha value is -0.540. The van der Waals surface area contributed by atoms with Gasteiger partial charge in [-0.05, 0) is 18.4 Å². The molecular formula is C8H6ClFOS. The highest BCUT2D eigenvalue weighted by molar-refractivity contribution is 7.98. The van der Waals surface area contributed by atoms with E-state index in [4.69, 9.17) is 11.6 Å². The summed E-state index contributed by atoms with van der Waals surface area (Å²) in [5.41, 5.74) is -0.0662. The first-order valence-electron chi connectivity index (χ1n) is 3.18. The summed E-state index contributed by atoms with van der Waals surface area (Å²) in [7, 11) is 0. The molecule has 0 aromatic heterocycles. The Kier molecular flexibility index (Phi) is 3.12. The topological polar surface area (TPSA) is 17.1 Å². The van der Waals surface area contributed by atoms with Gasteiger partial charge in [0.15, 0.2) is 6.29 Å². The lowest BCUT2D eigenvalue weighted by Crippen LogP contribution is -1.90. The number of carbonyl (C=O) groups is 1. The van der Waals surface area contributed by atoms with Gasteiger partial charge in [0.25, 0.3) is 0 Å². The summed E-state index contributed by atoms with van der Waals surface area (Å²) < 4.78 is 12.8. The van der Waals surface area contributed by atoms with Crippen LogP contribution in [0.1, 0.15) is 10.4 Å². The van der Waals surface area contributed by atoms with Crippen LogP contribution in [0.2, 0.25) is 5.02 Å². The molecule has 0 saturated carbocycles. The molecule has 12 heavy (non-hydrogen) atoms. The van der Waals surface area contributed by atoms with E-state index < -0.39 is 5.82 Å². The Morgan fingerprint density at radius 2 is 2.25 bits per heavy atom. The van der Waals surface area contributed by atoms with Crippen molar-refractivity contribution in [2.75, 3.05) is 6.26 Å². The standard InChI is InChI=1S/C8H6ClFOS/c1-12-7-3-2-6(10)5(4-11)8(7)9/h2-4H,1H3. The van der Waals surface area contributed by atoms with Crippen molar-refractivity contribution in [3.8, 4) is 0 Å². The third-order valence-electron chi connectivity index (χ3n) is 1.43. The van der Waals surface area contributed by atoms with Gasteiger partial charge in [-0.3, -0.25) is 4.79 Å². The van der Waals surface area contributed by atoms with Crippen LogP contribution in [-0.4, -0.2) is 12.5 Å². The second-order valence-electron chi connectivity index (χ2n) is 2.10. The lowest BCUT2D eigenvalue weighted by atomic mass is 10.2. The summed E-state index contributed by atoms with van der Waals surface area (Å²) in [5.74, 6) is -0.576. The smallest absolute Gasteiger partial charge is 0.154 e. The van der Waals surface area contributed by atoms with Crippen molar-refractivity contribution in [2.24, 2.45) is 0 Å². The number of aldehydes is 1. The van der Waals surface area contributed by atoms with Gasteiger partial charge in [0.2, 0.25) is 0 Å². The zero-order valence-electron chi connectivity index (χ0n) is 6.30. The van der Waals surface area contributed by atoms with Gasteiger partial charge >= 0.3 is 0 Å². The highest BCUT2D eigenvalue weighted by Crippen LogP contribution is 2.29. The quantitative estimate of drug-likeness (QED) is 0.544. The molecule has 0 N–H and O–H groups in total. The van der Waals surface area contributed by atoms with Gasteiger partial charge in [-0.25, -0.2) is 4.39 Å². The Morgan fingerprint density at radius 1 is 1.58 bits per heavy atom. The van der Waals surface area contributed by atoms with E-state index in [1.807, 2.05) is 6.26 Å². The van der Waals surface area contributed by atoms with E-state index in [2.05, 4.69) is 0 Å². The molecule has 1 aromatic carbocycles. The average Bonchev–Trinajstić information content (AvgIpc) is 2.06. The first-order valence-corrected chi connectivity index (χ1v) is 4.78. The maximum absolute atomic E-state index is 12.8. The van der Waals surface area contributed by atoms with E-state index >= 15 is 0 Å². The zero-order chi connectivity index (χ0) is 9.14. The molecule has 0 aliphatic heterocycles. The molecule has 0 unspecified atom stereocenters. The number of halogens is 2. The summed E-state index contributed by atoms with van der Waals surface area (Å²) in [6.45, 7) is 0. The molecular weight excluding hydrogens is 199 g/mol. The molecule has 0 radical (unpaired) electrons. The largest absolute Gasteiger partial charge is 0.298 e. The van der Waals surface area contributed by atoms with Gasteiger partial charge in [0.1, 0.15) is 5.82 Å². The third-order valence-corrected chi connectivity index (χ3v) is 2.73. The van der Waals surface area contributed by atoms with Gasteiger partial charge in [-0.1, -0.05) is 11.6 Å². The van der Waals surface area contributed by atoms with Crippen molar-refractivity contribution >= 4 is 29.6 Å². The normalized spacial score (nSPS) is 9.92. The van der Waals surface area contributed by atoms with Crippen LogP contribution in [0.25, 0.3) is 0 Å². The van der Waals surface area contributed by atoms with Crippen LogP contribution >= 0.6 is 23.4 Å². The maximum Gasteiger partial charge on any atom is 0.154 e. The van der Waals surface area contributed by atoms with Crippen molar-refractivity contribution in [1.29, 1.82) is 0 Å². The van der Waals surface area contributed by atoms with Crippen LogP contribution in [0, 0.1) is 5.82 Å². The van der Waals surface area contributed by atoms with Crippen molar-refractivity contribution in [1.82, 2.24) is 0 Å². The Labute approximate surface area is 78.9 Å². The van der Waals surface area contributed by atoms with E-state index in [0.29, 0.717) is 11.2 Å². The fourth-order valence-electron chi connectivity index (χ4n) is 0.815. The Morgan fingerprint density at radius 3 is 2.75 bits per heavy atom. The van der Waals surface area contributed by atoms with Crippen LogP contribution in [-0.2, 0) is 0 Å². The predicted octanol–water partition coefficient (Wildman–Crippen LogP) is 3.01. The molecule has 0 amide bonds. The molecule has 64 valence electrons. The predicted molar refractivity (Wildman–Crippen MR) is 48.6 cm³/mol. The van der Waals surface area contributed by atoms with Gasteiger partial charge in [0, 0.05) is 4.90 Å². The van der Waals surface area contributed by atoms with Gasteiger partial charge in [-0.2, -0.15) is 0 Å². The number of hydrogen-bond donors (Lipinski definition) is 0. The number of benzene rings is 1. The Balaban J connectivity index is 3.33. The summed E-state index contributed by atoms with van der Waals surface area (Å²) in [5, 5.41) is 0.192. The number of thioether (sulfide) groups is 1. The first-order chi connectivity index (χ1) is 5.70. The Bertz CT molecular complexity index is 314. The van der Waals surface area contributed by atoms with E-state index in [0.717, 1.165) is 0 Å². The van der Waals surface area contributed by atoms with Crippen LogP contribution in [0.3, 0.4) is 0 Å². The van der Waals surface area contributed by atoms with Crippen LogP contribution < -0.4 is 0 Å². The second-order valence-corrected chi connectivity index (χ2v) is 3.32. The van der Waals surface area contributed by atoms with E-state index in [9.17, 15) is 9.18 Å². The summed E-state index contributed by atoms with van der Waals surface area (Å²) in [4.78, 5) is 11.1. The van der Waals surface area contributed by atoms with Crippen LogP contribution in [0.4, 0.5) is 4.39 Å². The summed E-state index contributed by atoms with van der Waals surface area (Å²) in [6, 6.07) is 2.79. The molecule has 0 aliphatic carbocycles. The number of hydrogen-bond acceptors (Lipinski definition) is 2. The molecule has 0 spiro atoms. The minimum Gasteiger partial charge on any atom is -0.298 e. The van der Waals surface area contributed by atoms with E-state index in [1.54, 1.807) is 6.07 Å². The van der Waals surface area contributed by atoms with Gasteiger partial charge < -0.3 is 0 Å². The molecule has 4 heteroatoms. The molecule has 0 atom stereocenters. The average molecular weight is 205 g/mol. The molecule has 0 heterocycles.